The van der Waals surface area contributed by atoms with Gasteiger partial charge in [-0.2, -0.15) is 0 Å². The zero-order chi connectivity index (χ0) is 16.4. The molecule has 0 radical (unpaired) electrons. The van der Waals surface area contributed by atoms with E-state index in [2.05, 4.69) is 20.9 Å². The number of para-hydroxylation sites is 1. The van der Waals surface area contributed by atoms with Gasteiger partial charge in [0, 0.05) is 35.4 Å². The van der Waals surface area contributed by atoms with Gasteiger partial charge in [-0.15, -0.1) is 0 Å². The third kappa shape index (κ3) is 2.97. The molecule has 0 saturated carbocycles. The van der Waals surface area contributed by atoms with Crippen LogP contribution in [-0.2, 0) is 6.54 Å². The lowest BCUT2D eigenvalue weighted by Crippen LogP contribution is -2.34. The molecular formula is C20H21N3O. The van der Waals surface area contributed by atoms with E-state index in [0.29, 0.717) is 6.04 Å². The largest absolute Gasteiger partial charge is 0.357 e. The molecule has 4 nitrogen and oxygen atoms in total. The average Bonchev–Trinajstić information content (AvgIpc) is 2.63. The highest BCUT2D eigenvalue weighted by Crippen LogP contribution is 2.30. The second kappa shape index (κ2) is 6.57. The molecule has 1 fully saturated rings. The van der Waals surface area contributed by atoms with Gasteiger partial charge in [0.15, 0.2) is 5.43 Å². The van der Waals surface area contributed by atoms with Gasteiger partial charge in [0.1, 0.15) is 0 Å². The van der Waals surface area contributed by atoms with Gasteiger partial charge in [0.2, 0.25) is 0 Å². The van der Waals surface area contributed by atoms with Crippen LogP contribution in [0.5, 0.6) is 0 Å². The van der Waals surface area contributed by atoms with Crippen molar-refractivity contribution in [3.63, 3.8) is 0 Å². The van der Waals surface area contributed by atoms with Crippen LogP contribution in [0.25, 0.3) is 10.9 Å². The van der Waals surface area contributed by atoms with Gasteiger partial charge in [0.05, 0.1) is 11.7 Å². The van der Waals surface area contributed by atoms with Crippen LogP contribution in [0.15, 0.2) is 59.5 Å². The number of aromatic amines is 1. The highest BCUT2D eigenvalue weighted by Gasteiger charge is 2.25. The Hall–Kier alpha value is -2.46. The molecule has 3 heterocycles. The molecule has 0 unspecified atom stereocenters. The molecule has 24 heavy (non-hydrogen) atoms. The summed E-state index contributed by atoms with van der Waals surface area (Å²) in [4.78, 5) is 22.8. The van der Waals surface area contributed by atoms with Gasteiger partial charge in [-0.25, -0.2) is 0 Å². The van der Waals surface area contributed by atoms with E-state index < -0.39 is 0 Å². The number of nitrogens with zero attached hydrogens (tertiary/aromatic N) is 2. The summed E-state index contributed by atoms with van der Waals surface area (Å²) in [6.45, 7) is 1.79. The molecule has 1 saturated heterocycles. The number of H-pyrrole nitrogens is 1. The number of fused-ring (bicyclic) bond motifs is 1. The van der Waals surface area contributed by atoms with Crippen molar-refractivity contribution in [2.45, 2.75) is 31.8 Å². The molecule has 1 aromatic carbocycles. The van der Waals surface area contributed by atoms with Crippen molar-refractivity contribution in [1.82, 2.24) is 14.9 Å². The van der Waals surface area contributed by atoms with Gasteiger partial charge in [-0.1, -0.05) is 24.6 Å². The van der Waals surface area contributed by atoms with E-state index in [4.69, 9.17) is 0 Å². The molecule has 1 aliphatic heterocycles. The number of pyridine rings is 2. The third-order valence-electron chi connectivity index (χ3n) is 4.81. The zero-order valence-electron chi connectivity index (χ0n) is 13.6. The Balaban J connectivity index is 1.64. The minimum absolute atomic E-state index is 0.0887. The highest BCUT2D eigenvalue weighted by atomic mass is 16.1. The van der Waals surface area contributed by atoms with Gasteiger partial charge in [-0.3, -0.25) is 14.7 Å². The monoisotopic (exact) mass is 319 g/mol. The minimum atomic E-state index is 0.0887. The normalized spacial score (nSPS) is 18.8. The van der Waals surface area contributed by atoms with Crippen LogP contribution in [-0.4, -0.2) is 21.4 Å². The van der Waals surface area contributed by atoms with Crippen LogP contribution >= 0.6 is 0 Å². The van der Waals surface area contributed by atoms with Crippen LogP contribution < -0.4 is 5.43 Å². The molecule has 2 aromatic heterocycles. The number of likely N-dealkylation sites (tertiary alicyclic amines) is 1. The highest BCUT2D eigenvalue weighted by molar-refractivity contribution is 5.78. The first-order valence-electron chi connectivity index (χ1n) is 8.57. The molecular weight excluding hydrogens is 298 g/mol. The second-order valence-electron chi connectivity index (χ2n) is 6.44. The van der Waals surface area contributed by atoms with E-state index in [1.807, 2.05) is 42.6 Å². The first-order valence-corrected chi connectivity index (χ1v) is 8.57. The minimum Gasteiger partial charge on any atom is -0.357 e. The quantitative estimate of drug-likeness (QED) is 0.801. The number of benzene rings is 1. The number of rotatable bonds is 3. The fourth-order valence-corrected chi connectivity index (χ4v) is 3.64. The van der Waals surface area contributed by atoms with Gasteiger partial charge in [-0.05, 0) is 43.7 Å². The van der Waals surface area contributed by atoms with Gasteiger partial charge in [0.25, 0.3) is 0 Å². The predicted octanol–water partition coefficient (Wildman–Crippen LogP) is 3.65. The van der Waals surface area contributed by atoms with Crippen molar-refractivity contribution in [1.29, 1.82) is 0 Å². The fourth-order valence-electron chi connectivity index (χ4n) is 3.64. The van der Waals surface area contributed by atoms with Crippen LogP contribution in [0.3, 0.4) is 0 Å². The van der Waals surface area contributed by atoms with E-state index in [1.54, 1.807) is 6.07 Å². The molecule has 3 aromatic rings. The molecule has 4 rings (SSSR count). The van der Waals surface area contributed by atoms with Crippen molar-refractivity contribution in [2.75, 3.05) is 6.54 Å². The maximum Gasteiger partial charge on any atom is 0.189 e. The summed E-state index contributed by atoms with van der Waals surface area (Å²) in [6, 6.07) is 15.9. The Morgan fingerprint density at radius 2 is 2.00 bits per heavy atom. The molecule has 0 spiro atoms. The molecule has 0 aliphatic carbocycles. The molecule has 1 atom stereocenters. The summed E-state index contributed by atoms with van der Waals surface area (Å²) in [6.07, 6.45) is 5.40. The summed E-state index contributed by atoms with van der Waals surface area (Å²) in [7, 11) is 0. The molecule has 1 aliphatic rings. The lowest BCUT2D eigenvalue weighted by atomic mass is 9.98. The first kappa shape index (κ1) is 15.1. The molecule has 0 amide bonds. The number of nitrogens with one attached hydrogen (secondary N) is 1. The lowest BCUT2D eigenvalue weighted by Gasteiger charge is -2.35. The smallest absolute Gasteiger partial charge is 0.189 e. The molecule has 122 valence electrons. The molecule has 0 bridgehead atoms. The summed E-state index contributed by atoms with van der Waals surface area (Å²) in [5, 5.41) is 0.751. The number of hydrogen-bond acceptors (Lipinski definition) is 3. The molecule has 4 heteroatoms. The summed E-state index contributed by atoms with van der Waals surface area (Å²) < 4.78 is 0. The van der Waals surface area contributed by atoms with Crippen molar-refractivity contribution < 1.29 is 0 Å². The number of aromatic nitrogens is 2. The van der Waals surface area contributed by atoms with Gasteiger partial charge < -0.3 is 4.98 Å². The van der Waals surface area contributed by atoms with Gasteiger partial charge >= 0.3 is 0 Å². The Morgan fingerprint density at radius 3 is 2.88 bits per heavy atom. The first-order chi connectivity index (χ1) is 11.8. The van der Waals surface area contributed by atoms with E-state index >= 15 is 0 Å². The zero-order valence-corrected chi connectivity index (χ0v) is 13.6. The number of hydrogen-bond donors (Lipinski definition) is 1. The third-order valence-corrected chi connectivity index (χ3v) is 4.81. The van der Waals surface area contributed by atoms with E-state index in [-0.39, 0.29) is 5.43 Å². The average molecular weight is 319 g/mol. The maximum absolute atomic E-state index is 12.3. The molecule has 1 N–H and O–H groups in total. The van der Waals surface area contributed by atoms with E-state index in [0.717, 1.165) is 41.8 Å². The topological polar surface area (TPSA) is 49.0 Å². The predicted molar refractivity (Wildman–Crippen MR) is 95.8 cm³/mol. The Kier molecular flexibility index (Phi) is 4.13. The lowest BCUT2D eigenvalue weighted by molar-refractivity contribution is 0.135. The van der Waals surface area contributed by atoms with Crippen molar-refractivity contribution in [3.8, 4) is 0 Å². The van der Waals surface area contributed by atoms with Crippen LogP contribution in [0.1, 0.15) is 36.7 Å². The maximum atomic E-state index is 12.3. The van der Waals surface area contributed by atoms with E-state index in [1.165, 1.54) is 12.8 Å². The summed E-state index contributed by atoms with van der Waals surface area (Å²) >= 11 is 0. The Labute approximate surface area is 141 Å². The summed E-state index contributed by atoms with van der Waals surface area (Å²) in [5.74, 6) is 0. The standard InChI is InChI=1S/C20H21N3O/c24-20-13-15(22-17-8-2-1-7-16(17)20)14-23-12-6-4-10-19(23)18-9-3-5-11-21-18/h1-3,5,7-9,11,13,19H,4,6,10,12,14H2,(H,22,24)/t19-/m0/s1. The Morgan fingerprint density at radius 1 is 1.12 bits per heavy atom. The number of piperidine rings is 1. The second-order valence-corrected chi connectivity index (χ2v) is 6.44. The van der Waals surface area contributed by atoms with Crippen LogP contribution in [0.2, 0.25) is 0 Å². The van der Waals surface area contributed by atoms with Crippen molar-refractivity contribution >= 4 is 10.9 Å². The van der Waals surface area contributed by atoms with Crippen molar-refractivity contribution in [3.05, 3.63) is 76.3 Å². The van der Waals surface area contributed by atoms with Crippen LogP contribution in [0, 0.1) is 0 Å². The fraction of sp³-hybridized carbons (Fsp3) is 0.300. The van der Waals surface area contributed by atoms with Crippen molar-refractivity contribution in [2.24, 2.45) is 0 Å². The van der Waals surface area contributed by atoms with E-state index in [9.17, 15) is 4.79 Å². The Bertz CT molecular complexity index is 888. The summed E-state index contributed by atoms with van der Waals surface area (Å²) in [5.41, 5.74) is 3.10. The SMILES string of the molecule is O=c1cc(CN2CCCC[C@H]2c2ccccn2)[nH]c2ccccc12. The van der Waals surface area contributed by atoms with Crippen LogP contribution in [0.4, 0.5) is 0 Å².